The van der Waals surface area contributed by atoms with E-state index in [9.17, 15) is 0 Å². The first-order valence-corrected chi connectivity index (χ1v) is 4.74. The van der Waals surface area contributed by atoms with Gasteiger partial charge in [-0.25, -0.2) is 11.6 Å². The Morgan fingerprint density at radius 2 is 1.71 bits per heavy atom. The van der Waals surface area contributed by atoms with Crippen LogP contribution in [0, 0.1) is 12.0 Å². The van der Waals surface area contributed by atoms with Crippen LogP contribution in [0.5, 0.6) is 0 Å². The van der Waals surface area contributed by atoms with Crippen molar-refractivity contribution in [3.05, 3.63) is 23.8 Å². The summed E-state index contributed by atoms with van der Waals surface area (Å²) in [7, 11) is 0. The van der Waals surface area contributed by atoms with E-state index in [1.54, 1.807) is 0 Å². The van der Waals surface area contributed by atoms with Crippen LogP contribution in [0.15, 0.2) is 17.7 Å². The normalized spacial score (nSPS) is 20.1. The second-order valence-corrected chi connectivity index (χ2v) is 3.57. The molecular weight excluding hydrogens is 261 g/mol. The van der Waals surface area contributed by atoms with Crippen molar-refractivity contribution >= 4 is 0 Å². The van der Waals surface area contributed by atoms with Gasteiger partial charge in [-0.1, -0.05) is 19.3 Å². The van der Waals surface area contributed by atoms with Crippen molar-refractivity contribution < 1.29 is 35.6 Å². The molecule has 0 bridgehead atoms. The van der Waals surface area contributed by atoms with Crippen molar-refractivity contribution in [3.63, 3.8) is 0 Å². The molecule has 0 aromatic carbocycles. The van der Waals surface area contributed by atoms with E-state index >= 15 is 0 Å². The van der Waals surface area contributed by atoms with Gasteiger partial charge in [0.1, 0.15) is 0 Å². The molecule has 1 fully saturated rings. The minimum absolute atomic E-state index is 0. The van der Waals surface area contributed by atoms with Gasteiger partial charge in [0.25, 0.3) is 0 Å². The Balaban J connectivity index is 0. The van der Waals surface area contributed by atoms with Crippen molar-refractivity contribution in [2.75, 3.05) is 0 Å². The summed E-state index contributed by atoms with van der Waals surface area (Å²) in [6, 6.07) is 0. The summed E-state index contributed by atoms with van der Waals surface area (Å²) in [5.74, 6) is 0.863. The van der Waals surface area contributed by atoms with Gasteiger partial charge < -0.3 is 9.41 Å². The minimum Gasteiger partial charge on any atom is -1.00 e. The van der Waals surface area contributed by atoms with E-state index in [-0.39, 0.29) is 35.6 Å². The zero-order chi connectivity index (χ0) is 7.52. The summed E-state index contributed by atoms with van der Waals surface area (Å²) in [5, 5.41) is 0. The van der Waals surface area contributed by atoms with Gasteiger partial charge in [-0.2, -0.15) is 6.08 Å². The minimum atomic E-state index is 0. The van der Waals surface area contributed by atoms with Crippen LogP contribution in [0.4, 0.5) is 0 Å². The predicted molar refractivity (Wildman–Crippen MR) is 47.1 cm³/mol. The maximum atomic E-state index is 3.43. The van der Waals surface area contributed by atoms with Crippen LogP contribution in [0.3, 0.4) is 0 Å². The molecule has 0 heterocycles. The zero-order valence-corrected chi connectivity index (χ0v) is 10.7. The van der Waals surface area contributed by atoms with Crippen LogP contribution in [0.2, 0.25) is 0 Å². The summed E-state index contributed by atoms with van der Waals surface area (Å²) in [6.45, 7) is 0. The smallest absolute Gasteiger partial charge is 1.00 e. The molecule has 0 N–H and O–H groups in total. The maximum Gasteiger partial charge on any atom is 3.00 e. The van der Waals surface area contributed by atoms with Crippen molar-refractivity contribution in [2.24, 2.45) is 5.92 Å². The van der Waals surface area contributed by atoms with Crippen LogP contribution in [-0.4, -0.2) is 0 Å². The Kier molecular flexibility index (Phi) is 10.1. The molecule has 2 aliphatic rings. The number of hydrogen-bond acceptors (Lipinski definition) is 0. The molecule has 0 nitrogen and oxygen atoms in total. The molecule has 77 valence electrons. The second-order valence-electron chi connectivity index (χ2n) is 3.57. The molecule has 14 heavy (non-hydrogen) atoms. The first kappa shape index (κ1) is 16.6. The second kappa shape index (κ2) is 8.52. The summed E-state index contributed by atoms with van der Waals surface area (Å²) in [4.78, 5) is 0. The molecule has 0 saturated heterocycles. The van der Waals surface area contributed by atoms with Crippen LogP contribution < -0.4 is 9.41 Å². The van der Waals surface area contributed by atoms with Crippen molar-refractivity contribution in [3.8, 4) is 0 Å². The summed E-state index contributed by atoms with van der Waals surface area (Å²) in [6.07, 6.45) is 16.1. The molecule has 0 spiro atoms. The van der Waals surface area contributed by atoms with Gasteiger partial charge >= 0.3 is 26.2 Å². The summed E-state index contributed by atoms with van der Waals surface area (Å²) in [5.41, 5.74) is 1.50. The van der Waals surface area contributed by atoms with E-state index in [2.05, 4.69) is 18.2 Å². The van der Waals surface area contributed by atoms with Gasteiger partial charge in [0.15, 0.2) is 0 Å². The molecule has 1 saturated carbocycles. The molecular formula is C11H15F2Zr. The average Bonchev–Trinajstić information content (AvgIpc) is 2.58. The molecule has 0 aliphatic heterocycles. The third-order valence-electron chi connectivity index (χ3n) is 2.77. The Labute approximate surface area is 104 Å². The Morgan fingerprint density at radius 1 is 1.07 bits per heavy atom. The monoisotopic (exact) mass is 275 g/mol. The Bertz CT molecular complexity index is 193. The number of allylic oxidation sites excluding steroid dienone is 4. The number of halogens is 2. The van der Waals surface area contributed by atoms with Gasteiger partial charge in [0.2, 0.25) is 0 Å². The third-order valence-corrected chi connectivity index (χ3v) is 2.77. The molecule has 0 amide bonds. The molecule has 3 heteroatoms. The maximum absolute atomic E-state index is 3.43. The largest absolute Gasteiger partial charge is 3.00 e. The van der Waals surface area contributed by atoms with Gasteiger partial charge in [0, 0.05) is 0 Å². The third kappa shape index (κ3) is 4.17. The van der Waals surface area contributed by atoms with Crippen LogP contribution >= 0.6 is 0 Å². The SMILES string of the molecule is [C-]1=C(C2CCCCC2)C=CC1.[F-].[F-].[Zr+3]. The molecule has 0 unspecified atom stereocenters. The fourth-order valence-electron chi connectivity index (χ4n) is 2.12. The van der Waals surface area contributed by atoms with Crippen molar-refractivity contribution in [1.82, 2.24) is 0 Å². The molecule has 0 aromatic heterocycles. The number of hydrogen-bond donors (Lipinski definition) is 0. The molecule has 2 rings (SSSR count). The predicted octanol–water partition coefficient (Wildman–Crippen LogP) is -2.74. The first-order valence-electron chi connectivity index (χ1n) is 4.74. The summed E-state index contributed by atoms with van der Waals surface area (Å²) < 4.78 is 0. The van der Waals surface area contributed by atoms with Gasteiger partial charge in [0.05, 0.1) is 0 Å². The van der Waals surface area contributed by atoms with Gasteiger partial charge in [-0.05, 0) is 18.8 Å². The van der Waals surface area contributed by atoms with E-state index in [4.69, 9.17) is 0 Å². The Hall–Kier alpha value is 0.223. The van der Waals surface area contributed by atoms with Crippen LogP contribution in [0.1, 0.15) is 38.5 Å². The molecule has 0 aromatic rings. The molecule has 2 aliphatic carbocycles. The van der Waals surface area contributed by atoms with Gasteiger partial charge in [-0.3, -0.25) is 6.08 Å². The molecule has 1 radical (unpaired) electrons. The van der Waals surface area contributed by atoms with Crippen molar-refractivity contribution in [2.45, 2.75) is 38.5 Å². The fraction of sp³-hybridized carbons (Fsp3) is 0.636. The fourth-order valence-corrected chi connectivity index (χ4v) is 2.12. The molecule has 0 atom stereocenters. The van der Waals surface area contributed by atoms with Crippen LogP contribution in [-0.2, 0) is 26.2 Å². The van der Waals surface area contributed by atoms with Crippen molar-refractivity contribution in [1.29, 1.82) is 0 Å². The zero-order valence-electron chi connectivity index (χ0n) is 8.23. The quantitative estimate of drug-likeness (QED) is 0.456. The number of rotatable bonds is 1. The van der Waals surface area contributed by atoms with E-state index in [1.165, 1.54) is 37.7 Å². The van der Waals surface area contributed by atoms with E-state index in [0.717, 1.165) is 12.3 Å². The van der Waals surface area contributed by atoms with E-state index in [0.29, 0.717) is 0 Å². The topological polar surface area (TPSA) is 0 Å². The van der Waals surface area contributed by atoms with E-state index < -0.39 is 0 Å². The van der Waals surface area contributed by atoms with Crippen LogP contribution in [0.25, 0.3) is 0 Å². The van der Waals surface area contributed by atoms with Gasteiger partial charge in [-0.15, -0.1) is 6.42 Å². The standard InChI is InChI=1S/C11H15.2FH.Zr/c1-2-6-10(7-3-1)11-8-4-5-9-11;;;/h4,8,10H,1-3,5-7H2;2*1H;/q-1;;;+3/p-2. The average molecular weight is 276 g/mol. The van der Waals surface area contributed by atoms with E-state index in [1.807, 2.05) is 0 Å². The first-order chi connectivity index (χ1) is 5.47. The Morgan fingerprint density at radius 3 is 2.21 bits per heavy atom. The summed E-state index contributed by atoms with van der Waals surface area (Å²) >= 11 is 0.